The number of hydrogen-bond acceptors (Lipinski definition) is 4. The van der Waals surface area contributed by atoms with E-state index in [-0.39, 0.29) is 12.4 Å². The van der Waals surface area contributed by atoms with Crippen LogP contribution < -0.4 is 5.73 Å². The Labute approximate surface area is 136 Å². The van der Waals surface area contributed by atoms with Crippen LogP contribution in [0, 0.1) is 13.8 Å². The molecule has 0 bridgehead atoms. The zero-order chi connectivity index (χ0) is 14.1. The Morgan fingerprint density at radius 1 is 1.33 bits per heavy atom. The van der Waals surface area contributed by atoms with E-state index in [2.05, 4.69) is 41.9 Å². The number of nitrogens with two attached hydrogens (primary N) is 1. The number of benzene rings is 1. The molecule has 0 spiro atoms. The third-order valence-electron chi connectivity index (χ3n) is 4.21. The quantitative estimate of drug-likeness (QED) is 0.924. The van der Waals surface area contributed by atoms with Crippen LogP contribution in [0.25, 0.3) is 0 Å². The standard InChI is InChI=1S/C16H21N3S.ClH/c1-11-5-6-13(8-12(11)2)15-4-3-7-19(15)10-14-9-18-16(17)20-14;/h5-6,8-9,15H,3-4,7,10H2,1-2H3,(H2,17,18);1H. The summed E-state index contributed by atoms with van der Waals surface area (Å²) in [5.74, 6) is 0. The minimum atomic E-state index is 0. The minimum absolute atomic E-state index is 0. The van der Waals surface area contributed by atoms with E-state index in [1.807, 2.05) is 6.20 Å². The molecule has 5 heteroatoms. The van der Waals surface area contributed by atoms with Gasteiger partial charge in [0.2, 0.25) is 0 Å². The summed E-state index contributed by atoms with van der Waals surface area (Å²) in [7, 11) is 0. The fraction of sp³-hybridized carbons (Fsp3) is 0.438. The molecule has 3 rings (SSSR count). The van der Waals surface area contributed by atoms with Crippen molar-refractivity contribution >= 4 is 28.9 Å². The molecular weight excluding hydrogens is 302 g/mol. The smallest absolute Gasteiger partial charge is 0.180 e. The van der Waals surface area contributed by atoms with Crippen LogP contribution in [0.4, 0.5) is 5.13 Å². The molecule has 0 amide bonds. The number of aryl methyl sites for hydroxylation is 2. The van der Waals surface area contributed by atoms with E-state index in [4.69, 9.17) is 5.73 Å². The zero-order valence-corrected chi connectivity index (χ0v) is 14.1. The Kier molecular flexibility index (Phi) is 5.25. The average Bonchev–Trinajstić information content (AvgIpc) is 3.03. The Morgan fingerprint density at radius 3 is 2.81 bits per heavy atom. The molecule has 0 saturated carbocycles. The highest BCUT2D eigenvalue weighted by Gasteiger charge is 2.26. The summed E-state index contributed by atoms with van der Waals surface area (Å²) >= 11 is 1.60. The predicted octanol–water partition coefficient (Wildman–Crippen LogP) is 4.10. The summed E-state index contributed by atoms with van der Waals surface area (Å²) in [6.45, 7) is 6.50. The lowest BCUT2D eigenvalue weighted by Crippen LogP contribution is -2.22. The van der Waals surface area contributed by atoms with Crippen molar-refractivity contribution < 1.29 is 0 Å². The molecule has 3 nitrogen and oxygen atoms in total. The first-order valence-corrected chi connectivity index (χ1v) is 7.96. The maximum atomic E-state index is 5.72. The van der Waals surface area contributed by atoms with Crippen LogP contribution in [0.5, 0.6) is 0 Å². The maximum Gasteiger partial charge on any atom is 0.180 e. The molecule has 1 aromatic heterocycles. The van der Waals surface area contributed by atoms with E-state index in [9.17, 15) is 0 Å². The maximum absolute atomic E-state index is 5.72. The van der Waals surface area contributed by atoms with Gasteiger partial charge in [-0.05, 0) is 49.9 Å². The molecule has 2 heterocycles. The van der Waals surface area contributed by atoms with Crippen LogP contribution in [0.15, 0.2) is 24.4 Å². The fourth-order valence-corrected chi connectivity index (χ4v) is 3.67. The second kappa shape index (κ2) is 6.77. The van der Waals surface area contributed by atoms with Crippen LogP contribution in [-0.4, -0.2) is 16.4 Å². The lowest BCUT2D eigenvalue weighted by molar-refractivity contribution is 0.250. The normalized spacial score (nSPS) is 18.7. The number of aromatic nitrogens is 1. The van der Waals surface area contributed by atoms with Gasteiger partial charge in [0.05, 0.1) is 0 Å². The molecule has 21 heavy (non-hydrogen) atoms. The highest BCUT2D eigenvalue weighted by Crippen LogP contribution is 2.34. The average molecular weight is 324 g/mol. The van der Waals surface area contributed by atoms with Crippen LogP contribution in [0.1, 0.15) is 40.5 Å². The van der Waals surface area contributed by atoms with E-state index in [1.54, 1.807) is 11.3 Å². The summed E-state index contributed by atoms with van der Waals surface area (Å²) < 4.78 is 0. The van der Waals surface area contributed by atoms with Crippen molar-refractivity contribution in [2.24, 2.45) is 0 Å². The highest BCUT2D eigenvalue weighted by molar-refractivity contribution is 7.15. The number of thiazole rings is 1. The molecule has 0 aliphatic carbocycles. The molecule has 1 aliphatic rings. The van der Waals surface area contributed by atoms with E-state index in [0.29, 0.717) is 11.2 Å². The van der Waals surface area contributed by atoms with E-state index >= 15 is 0 Å². The number of hydrogen-bond donors (Lipinski definition) is 1. The highest BCUT2D eigenvalue weighted by atomic mass is 35.5. The summed E-state index contributed by atoms with van der Waals surface area (Å²) in [4.78, 5) is 7.97. The van der Waals surface area contributed by atoms with Crippen LogP contribution in [0.2, 0.25) is 0 Å². The first-order chi connectivity index (χ1) is 9.63. The first-order valence-electron chi connectivity index (χ1n) is 7.15. The molecular formula is C16H22ClN3S. The van der Waals surface area contributed by atoms with Gasteiger partial charge in [-0.15, -0.1) is 23.7 Å². The van der Waals surface area contributed by atoms with Crippen LogP contribution in [0.3, 0.4) is 0 Å². The number of nitrogen functional groups attached to an aromatic ring is 1. The molecule has 1 atom stereocenters. The number of anilines is 1. The van der Waals surface area contributed by atoms with Crippen molar-refractivity contribution in [2.45, 2.75) is 39.3 Å². The Bertz CT molecular complexity index is 611. The van der Waals surface area contributed by atoms with Gasteiger partial charge in [-0.1, -0.05) is 18.2 Å². The monoisotopic (exact) mass is 323 g/mol. The molecule has 1 saturated heterocycles. The van der Waals surface area contributed by atoms with Gasteiger partial charge in [0, 0.05) is 23.7 Å². The Hall–Kier alpha value is -1.10. The predicted molar refractivity (Wildman–Crippen MR) is 92.1 cm³/mol. The number of rotatable bonds is 3. The summed E-state index contributed by atoms with van der Waals surface area (Å²) in [6, 6.07) is 7.41. The van der Waals surface area contributed by atoms with Gasteiger partial charge >= 0.3 is 0 Å². The van der Waals surface area contributed by atoms with Gasteiger partial charge in [0.1, 0.15) is 0 Å². The molecule has 1 aromatic carbocycles. The van der Waals surface area contributed by atoms with E-state index in [0.717, 1.165) is 13.1 Å². The Morgan fingerprint density at radius 2 is 2.14 bits per heavy atom. The van der Waals surface area contributed by atoms with Gasteiger partial charge in [-0.3, -0.25) is 4.90 Å². The van der Waals surface area contributed by atoms with Gasteiger partial charge in [0.15, 0.2) is 5.13 Å². The van der Waals surface area contributed by atoms with Gasteiger partial charge < -0.3 is 5.73 Å². The first kappa shape index (κ1) is 16.3. The summed E-state index contributed by atoms with van der Waals surface area (Å²) in [5.41, 5.74) is 9.93. The van der Waals surface area contributed by atoms with Gasteiger partial charge in [-0.2, -0.15) is 0 Å². The minimum Gasteiger partial charge on any atom is -0.375 e. The van der Waals surface area contributed by atoms with Crippen LogP contribution in [-0.2, 0) is 6.54 Å². The van der Waals surface area contributed by atoms with Crippen molar-refractivity contribution in [3.05, 3.63) is 46.0 Å². The lowest BCUT2D eigenvalue weighted by Gasteiger charge is -2.24. The molecule has 114 valence electrons. The third kappa shape index (κ3) is 3.57. The summed E-state index contributed by atoms with van der Waals surface area (Å²) in [5, 5.41) is 0.668. The second-order valence-electron chi connectivity index (χ2n) is 5.64. The molecule has 1 fully saturated rings. The van der Waals surface area contributed by atoms with Crippen LogP contribution >= 0.6 is 23.7 Å². The molecule has 0 radical (unpaired) electrons. The number of halogens is 1. The SMILES string of the molecule is Cc1ccc(C2CCCN2Cc2cnc(N)s2)cc1C.Cl. The summed E-state index contributed by atoms with van der Waals surface area (Å²) in [6.07, 6.45) is 4.43. The molecule has 1 aliphatic heterocycles. The molecule has 2 N–H and O–H groups in total. The van der Waals surface area contributed by atoms with E-state index in [1.165, 1.54) is 34.4 Å². The molecule has 2 aromatic rings. The largest absolute Gasteiger partial charge is 0.375 e. The fourth-order valence-electron chi connectivity index (χ4n) is 2.96. The number of nitrogens with zero attached hydrogens (tertiary/aromatic N) is 2. The van der Waals surface area contributed by atoms with Crippen molar-refractivity contribution in [2.75, 3.05) is 12.3 Å². The van der Waals surface area contributed by atoms with Crippen molar-refractivity contribution in [1.82, 2.24) is 9.88 Å². The lowest BCUT2D eigenvalue weighted by atomic mass is 9.99. The van der Waals surface area contributed by atoms with Crippen molar-refractivity contribution in [3.8, 4) is 0 Å². The van der Waals surface area contributed by atoms with Gasteiger partial charge in [-0.25, -0.2) is 4.98 Å². The topological polar surface area (TPSA) is 42.2 Å². The van der Waals surface area contributed by atoms with Gasteiger partial charge in [0.25, 0.3) is 0 Å². The zero-order valence-electron chi connectivity index (χ0n) is 12.5. The second-order valence-corrected chi connectivity index (χ2v) is 6.78. The van der Waals surface area contributed by atoms with E-state index < -0.39 is 0 Å². The molecule has 1 unspecified atom stereocenters. The number of likely N-dealkylation sites (tertiary alicyclic amines) is 1. The van der Waals surface area contributed by atoms with Crippen molar-refractivity contribution in [1.29, 1.82) is 0 Å². The van der Waals surface area contributed by atoms with Crippen molar-refractivity contribution in [3.63, 3.8) is 0 Å². The Balaban J connectivity index is 0.00000161. The third-order valence-corrected chi connectivity index (χ3v) is 5.02.